The zero-order valence-electron chi connectivity index (χ0n) is 15.1. The molecule has 0 unspecified atom stereocenters. The highest BCUT2D eigenvalue weighted by Gasteiger charge is 2.25. The SMILES string of the molecule is O=C(NCc1cc(Br)ccc1F)Nc1ccc(S(=O)(=O)N2CCCCC2)cc1. The Morgan fingerprint density at radius 2 is 1.75 bits per heavy atom. The van der Waals surface area contributed by atoms with Crippen molar-refractivity contribution < 1.29 is 17.6 Å². The predicted molar refractivity (Wildman–Crippen MR) is 109 cm³/mol. The zero-order chi connectivity index (χ0) is 20.1. The Morgan fingerprint density at radius 3 is 2.43 bits per heavy atom. The fourth-order valence-electron chi connectivity index (χ4n) is 2.99. The molecule has 150 valence electrons. The smallest absolute Gasteiger partial charge is 0.319 e. The minimum atomic E-state index is -3.50. The molecule has 1 fully saturated rings. The average Bonchev–Trinajstić information content (AvgIpc) is 2.70. The molecule has 6 nitrogen and oxygen atoms in total. The Hall–Kier alpha value is -1.97. The van der Waals surface area contributed by atoms with Crippen LogP contribution in [0.15, 0.2) is 51.8 Å². The van der Waals surface area contributed by atoms with Crippen molar-refractivity contribution in [3.05, 3.63) is 58.3 Å². The van der Waals surface area contributed by atoms with Gasteiger partial charge in [-0.3, -0.25) is 0 Å². The standard InChI is InChI=1S/C19H21BrFN3O3S/c20-15-4-9-18(21)14(12-15)13-22-19(25)23-16-5-7-17(8-6-16)28(26,27)24-10-2-1-3-11-24/h4-9,12H,1-3,10-11,13H2,(H2,22,23,25). The van der Waals surface area contributed by atoms with E-state index in [9.17, 15) is 17.6 Å². The summed E-state index contributed by atoms with van der Waals surface area (Å²) in [6.45, 7) is 1.10. The minimum Gasteiger partial charge on any atom is -0.334 e. The Kier molecular flexibility index (Phi) is 6.69. The van der Waals surface area contributed by atoms with Crippen molar-refractivity contribution in [1.82, 2.24) is 9.62 Å². The van der Waals surface area contributed by atoms with E-state index in [0.29, 0.717) is 24.3 Å². The van der Waals surface area contributed by atoms with Crippen LogP contribution in [-0.4, -0.2) is 31.8 Å². The molecule has 9 heteroatoms. The van der Waals surface area contributed by atoms with Gasteiger partial charge in [0.2, 0.25) is 10.0 Å². The van der Waals surface area contributed by atoms with Crippen molar-refractivity contribution >= 4 is 37.7 Å². The van der Waals surface area contributed by atoms with Crippen LogP contribution in [0.5, 0.6) is 0 Å². The van der Waals surface area contributed by atoms with Gasteiger partial charge in [0.05, 0.1) is 4.90 Å². The Labute approximate surface area is 172 Å². The Morgan fingerprint density at radius 1 is 1.07 bits per heavy atom. The van der Waals surface area contributed by atoms with E-state index in [-0.39, 0.29) is 11.4 Å². The first-order valence-corrected chi connectivity index (χ1v) is 11.2. The van der Waals surface area contributed by atoms with Gasteiger partial charge in [0.1, 0.15) is 5.82 Å². The molecule has 1 aliphatic rings. The summed E-state index contributed by atoms with van der Waals surface area (Å²) >= 11 is 3.26. The Balaban J connectivity index is 1.59. The molecule has 1 aliphatic heterocycles. The van der Waals surface area contributed by atoms with E-state index >= 15 is 0 Å². The predicted octanol–water partition coefficient (Wildman–Crippen LogP) is 4.08. The van der Waals surface area contributed by atoms with Crippen LogP contribution in [0.25, 0.3) is 0 Å². The largest absolute Gasteiger partial charge is 0.334 e. The van der Waals surface area contributed by atoms with E-state index in [1.807, 2.05) is 0 Å². The lowest BCUT2D eigenvalue weighted by Gasteiger charge is -2.25. The van der Waals surface area contributed by atoms with Gasteiger partial charge in [-0.1, -0.05) is 22.4 Å². The topological polar surface area (TPSA) is 78.5 Å². The number of benzene rings is 2. The number of halogens is 2. The molecule has 0 aromatic heterocycles. The summed E-state index contributed by atoms with van der Waals surface area (Å²) in [5, 5.41) is 5.19. The molecule has 0 radical (unpaired) electrons. The third kappa shape index (κ3) is 5.09. The highest BCUT2D eigenvalue weighted by molar-refractivity contribution is 9.10. The lowest BCUT2D eigenvalue weighted by Crippen LogP contribution is -2.35. The van der Waals surface area contributed by atoms with Crippen LogP contribution in [0, 0.1) is 5.82 Å². The molecule has 2 N–H and O–H groups in total. The summed E-state index contributed by atoms with van der Waals surface area (Å²) in [6, 6.07) is 10.0. The average molecular weight is 470 g/mol. The number of hydrogen-bond acceptors (Lipinski definition) is 3. The van der Waals surface area contributed by atoms with Crippen molar-refractivity contribution in [3.63, 3.8) is 0 Å². The van der Waals surface area contributed by atoms with Gasteiger partial charge in [-0.25, -0.2) is 17.6 Å². The van der Waals surface area contributed by atoms with Gasteiger partial charge in [0.15, 0.2) is 0 Å². The van der Waals surface area contributed by atoms with E-state index in [2.05, 4.69) is 26.6 Å². The van der Waals surface area contributed by atoms with Gasteiger partial charge >= 0.3 is 6.03 Å². The molecule has 0 bridgehead atoms. The lowest BCUT2D eigenvalue weighted by atomic mass is 10.2. The first-order valence-electron chi connectivity index (χ1n) is 8.95. The molecule has 28 heavy (non-hydrogen) atoms. The molecule has 1 saturated heterocycles. The van der Waals surface area contributed by atoms with Crippen LogP contribution >= 0.6 is 15.9 Å². The number of amides is 2. The second-order valence-corrected chi connectivity index (χ2v) is 9.39. The van der Waals surface area contributed by atoms with Gasteiger partial charge in [0.25, 0.3) is 0 Å². The summed E-state index contributed by atoms with van der Waals surface area (Å²) < 4.78 is 41.2. The third-order valence-electron chi connectivity index (χ3n) is 4.51. The summed E-state index contributed by atoms with van der Waals surface area (Å²) in [4.78, 5) is 12.2. The molecule has 0 aliphatic carbocycles. The van der Waals surface area contributed by atoms with E-state index < -0.39 is 21.9 Å². The van der Waals surface area contributed by atoms with Crippen LogP contribution in [0.1, 0.15) is 24.8 Å². The maximum atomic E-state index is 13.7. The van der Waals surface area contributed by atoms with E-state index in [4.69, 9.17) is 0 Å². The van der Waals surface area contributed by atoms with Crippen LogP contribution in [-0.2, 0) is 16.6 Å². The second kappa shape index (κ2) is 9.02. The van der Waals surface area contributed by atoms with Gasteiger partial charge in [-0.15, -0.1) is 0 Å². The molecule has 1 heterocycles. The molecule has 0 spiro atoms. The van der Waals surface area contributed by atoms with Crippen molar-refractivity contribution in [2.45, 2.75) is 30.7 Å². The molecule has 0 saturated carbocycles. The molecule has 2 aromatic carbocycles. The first-order chi connectivity index (χ1) is 13.4. The number of carbonyl (C=O) groups is 1. The summed E-state index contributed by atoms with van der Waals surface area (Å²) in [6.07, 6.45) is 2.79. The van der Waals surface area contributed by atoms with Crippen LogP contribution in [0.2, 0.25) is 0 Å². The van der Waals surface area contributed by atoms with Crippen LogP contribution < -0.4 is 10.6 Å². The number of nitrogens with one attached hydrogen (secondary N) is 2. The number of nitrogens with zero attached hydrogens (tertiary/aromatic N) is 1. The molecular formula is C19H21BrFN3O3S. The Bertz CT molecular complexity index is 945. The number of anilines is 1. The number of hydrogen-bond donors (Lipinski definition) is 2. The van der Waals surface area contributed by atoms with E-state index in [0.717, 1.165) is 23.7 Å². The molecule has 2 amide bonds. The molecule has 0 atom stereocenters. The monoisotopic (exact) mass is 469 g/mol. The van der Waals surface area contributed by atoms with E-state index in [1.165, 1.54) is 34.6 Å². The van der Waals surface area contributed by atoms with Crippen molar-refractivity contribution in [2.75, 3.05) is 18.4 Å². The minimum absolute atomic E-state index is 0.0263. The third-order valence-corrected chi connectivity index (χ3v) is 6.92. The number of piperidine rings is 1. The number of sulfonamides is 1. The van der Waals surface area contributed by atoms with Crippen molar-refractivity contribution in [2.24, 2.45) is 0 Å². The van der Waals surface area contributed by atoms with Crippen molar-refractivity contribution in [3.8, 4) is 0 Å². The van der Waals surface area contributed by atoms with Crippen molar-refractivity contribution in [1.29, 1.82) is 0 Å². The zero-order valence-corrected chi connectivity index (χ0v) is 17.5. The number of rotatable bonds is 5. The highest BCUT2D eigenvalue weighted by Crippen LogP contribution is 2.22. The maximum Gasteiger partial charge on any atom is 0.319 e. The second-order valence-electron chi connectivity index (χ2n) is 6.53. The van der Waals surface area contributed by atoms with Gasteiger partial charge in [-0.2, -0.15) is 4.31 Å². The van der Waals surface area contributed by atoms with Crippen LogP contribution in [0.4, 0.5) is 14.9 Å². The fraction of sp³-hybridized carbons (Fsp3) is 0.316. The van der Waals surface area contributed by atoms with E-state index in [1.54, 1.807) is 12.1 Å². The number of carbonyl (C=O) groups excluding carboxylic acids is 1. The highest BCUT2D eigenvalue weighted by atomic mass is 79.9. The first kappa shape index (κ1) is 20.8. The van der Waals surface area contributed by atoms with Gasteiger partial charge < -0.3 is 10.6 Å². The lowest BCUT2D eigenvalue weighted by molar-refractivity contribution is 0.251. The van der Waals surface area contributed by atoms with Crippen LogP contribution in [0.3, 0.4) is 0 Å². The fourth-order valence-corrected chi connectivity index (χ4v) is 4.92. The normalized spacial score (nSPS) is 15.2. The number of urea groups is 1. The van der Waals surface area contributed by atoms with Gasteiger partial charge in [-0.05, 0) is 55.3 Å². The summed E-state index contributed by atoms with van der Waals surface area (Å²) in [7, 11) is -3.50. The maximum absolute atomic E-state index is 13.7. The van der Waals surface area contributed by atoms with Gasteiger partial charge in [0, 0.05) is 35.4 Å². The molecule has 2 aromatic rings. The summed E-state index contributed by atoms with van der Waals surface area (Å²) in [5.41, 5.74) is 0.803. The summed E-state index contributed by atoms with van der Waals surface area (Å²) in [5.74, 6) is -0.407. The molecular weight excluding hydrogens is 449 g/mol. The quantitative estimate of drug-likeness (QED) is 0.691. The molecule has 3 rings (SSSR count).